The average molecular weight is 410 g/mol. The zero-order chi connectivity index (χ0) is 20.7. The van der Waals surface area contributed by atoms with Crippen molar-refractivity contribution in [1.29, 1.82) is 0 Å². The third kappa shape index (κ3) is 5.31. The number of nitrogens with one attached hydrogen (secondary N) is 2. The lowest BCUT2D eigenvalue weighted by atomic mass is 9.95. The van der Waals surface area contributed by atoms with E-state index in [9.17, 15) is 19.2 Å². The van der Waals surface area contributed by atoms with E-state index in [1.165, 1.54) is 6.42 Å². The van der Waals surface area contributed by atoms with Gasteiger partial charge in [-0.05, 0) is 39.2 Å². The van der Waals surface area contributed by atoms with Crippen molar-refractivity contribution in [1.82, 2.24) is 5.32 Å². The maximum atomic E-state index is 12.7. The SMILES string of the molecule is CCOC(=O)C(=O)Nc1sc(C(=O)NC2CCCCC2)c(C)c1C(=O)OCC. The fourth-order valence-electron chi connectivity index (χ4n) is 3.12. The van der Waals surface area contributed by atoms with Gasteiger partial charge in [-0.3, -0.25) is 9.59 Å². The number of amides is 2. The van der Waals surface area contributed by atoms with Crippen LogP contribution < -0.4 is 10.6 Å². The summed E-state index contributed by atoms with van der Waals surface area (Å²) >= 11 is 0.948. The van der Waals surface area contributed by atoms with Gasteiger partial charge in [0.25, 0.3) is 5.91 Å². The fraction of sp³-hybridized carbons (Fsp3) is 0.579. The van der Waals surface area contributed by atoms with E-state index in [1.807, 2.05) is 0 Å². The number of hydrogen-bond acceptors (Lipinski definition) is 7. The molecule has 1 aromatic heterocycles. The Kier molecular flexibility index (Phi) is 7.98. The number of carbonyl (C=O) groups is 4. The van der Waals surface area contributed by atoms with Crippen molar-refractivity contribution in [2.75, 3.05) is 18.5 Å². The summed E-state index contributed by atoms with van der Waals surface area (Å²) in [7, 11) is 0. The van der Waals surface area contributed by atoms with Gasteiger partial charge in [0.1, 0.15) is 5.00 Å². The molecule has 0 saturated heterocycles. The van der Waals surface area contributed by atoms with Gasteiger partial charge in [0.15, 0.2) is 0 Å². The molecular weight excluding hydrogens is 384 g/mol. The van der Waals surface area contributed by atoms with Crippen LogP contribution in [0.3, 0.4) is 0 Å². The number of carbonyl (C=O) groups excluding carboxylic acids is 4. The summed E-state index contributed by atoms with van der Waals surface area (Å²) in [6.07, 6.45) is 5.16. The van der Waals surface area contributed by atoms with Crippen LogP contribution in [-0.4, -0.2) is 43.0 Å². The Morgan fingerprint density at radius 2 is 1.68 bits per heavy atom. The molecule has 1 heterocycles. The topological polar surface area (TPSA) is 111 Å². The van der Waals surface area contributed by atoms with Gasteiger partial charge in [-0.2, -0.15) is 0 Å². The molecule has 28 heavy (non-hydrogen) atoms. The molecule has 0 aromatic carbocycles. The van der Waals surface area contributed by atoms with Gasteiger partial charge in [-0.15, -0.1) is 11.3 Å². The molecule has 1 saturated carbocycles. The summed E-state index contributed by atoms with van der Waals surface area (Å²) < 4.78 is 9.72. The molecule has 0 radical (unpaired) electrons. The van der Waals surface area contributed by atoms with Crippen LogP contribution in [0.2, 0.25) is 0 Å². The summed E-state index contributed by atoms with van der Waals surface area (Å²) in [6, 6.07) is 0.103. The van der Waals surface area contributed by atoms with Crippen LogP contribution in [0.15, 0.2) is 0 Å². The highest BCUT2D eigenvalue weighted by Crippen LogP contribution is 2.34. The molecule has 1 aliphatic rings. The molecule has 154 valence electrons. The van der Waals surface area contributed by atoms with E-state index in [1.54, 1.807) is 20.8 Å². The molecular formula is C19H26N2O6S. The molecule has 1 aromatic rings. The van der Waals surface area contributed by atoms with E-state index in [4.69, 9.17) is 4.74 Å². The van der Waals surface area contributed by atoms with Crippen molar-refractivity contribution in [3.8, 4) is 0 Å². The third-order valence-corrected chi connectivity index (χ3v) is 5.67. The highest BCUT2D eigenvalue weighted by Gasteiger charge is 2.29. The van der Waals surface area contributed by atoms with Gasteiger partial charge in [-0.1, -0.05) is 19.3 Å². The Hall–Kier alpha value is -2.42. The highest BCUT2D eigenvalue weighted by atomic mass is 32.1. The minimum atomic E-state index is -1.06. The van der Waals surface area contributed by atoms with Crippen molar-refractivity contribution in [2.45, 2.75) is 58.9 Å². The van der Waals surface area contributed by atoms with Crippen molar-refractivity contribution in [2.24, 2.45) is 0 Å². The minimum absolute atomic E-state index is 0.0511. The van der Waals surface area contributed by atoms with Gasteiger partial charge >= 0.3 is 17.8 Å². The van der Waals surface area contributed by atoms with E-state index in [2.05, 4.69) is 15.4 Å². The van der Waals surface area contributed by atoms with Crippen LogP contribution in [-0.2, 0) is 19.1 Å². The van der Waals surface area contributed by atoms with Gasteiger partial charge in [0, 0.05) is 6.04 Å². The van der Waals surface area contributed by atoms with Gasteiger partial charge < -0.3 is 20.1 Å². The number of esters is 2. The molecule has 9 heteroatoms. The van der Waals surface area contributed by atoms with Gasteiger partial charge in [0.2, 0.25) is 0 Å². The molecule has 1 aliphatic carbocycles. The monoisotopic (exact) mass is 410 g/mol. The largest absolute Gasteiger partial charge is 0.462 e. The lowest BCUT2D eigenvalue weighted by molar-refractivity contribution is -0.152. The van der Waals surface area contributed by atoms with Crippen molar-refractivity contribution in [3.63, 3.8) is 0 Å². The first kappa shape index (κ1) is 21.9. The molecule has 1 fully saturated rings. The second kappa shape index (κ2) is 10.2. The summed E-state index contributed by atoms with van der Waals surface area (Å²) in [4.78, 5) is 49.1. The number of ether oxygens (including phenoxy) is 2. The van der Waals surface area contributed by atoms with Crippen LogP contribution in [0.1, 0.15) is 71.5 Å². The van der Waals surface area contributed by atoms with Gasteiger partial charge in [0.05, 0.1) is 23.7 Å². The first-order chi connectivity index (χ1) is 13.4. The maximum absolute atomic E-state index is 12.7. The van der Waals surface area contributed by atoms with Crippen LogP contribution in [0, 0.1) is 6.92 Å². The highest BCUT2D eigenvalue weighted by molar-refractivity contribution is 7.18. The van der Waals surface area contributed by atoms with Crippen LogP contribution in [0.25, 0.3) is 0 Å². The molecule has 0 bridgehead atoms. The average Bonchev–Trinajstić information content (AvgIpc) is 2.99. The molecule has 2 amide bonds. The minimum Gasteiger partial charge on any atom is -0.462 e. The Labute approximate surface area is 168 Å². The Morgan fingerprint density at radius 3 is 2.29 bits per heavy atom. The standard InChI is InChI=1S/C19H26N2O6S/c1-4-26-18(24)13-11(3)14(15(22)20-12-9-7-6-8-10-12)28-17(13)21-16(23)19(25)27-5-2/h12H,4-10H2,1-3H3,(H,20,22)(H,21,23). The molecule has 0 spiro atoms. The second-order valence-corrected chi connectivity index (χ2v) is 7.48. The number of hydrogen-bond donors (Lipinski definition) is 2. The molecule has 8 nitrogen and oxygen atoms in total. The van der Waals surface area contributed by atoms with Gasteiger partial charge in [-0.25, -0.2) is 9.59 Å². The van der Waals surface area contributed by atoms with Crippen molar-refractivity contribution < 1.29 is 28.7 Å². The summed E-state index contributed by atoms with van der Waals surface area (Å²) in [5.41, 5.74) is 0.495. The first-order valence-electron chi connectivity index (χ1n) is 9.48. The quantitative estimate of drug-likeness (QED) is 0.551. The Balaban J connectivity index is 2.28. The van der Waals surface area contributed by atoms with Crippen LogP contribution in [0.4, 0.5) is 5.00 Å². The van der Waals surface area contributed by atoms with E-state index < -0.39 is 17.8 Å². The lowest BCUT2D eigenvalue weighted by Gasteiger charge is -2.22. The molecule has 2 rings (SSSR count). The Morgan fingerprint density at radius 1 is 1.04 bits per heavy atom. The molecule has 0 aliphatic heterocycles. The maximum Gasteiger partial charge on any atom is 0.397 e. The zero-order valence-electron chi connectivity index (χ0n) is 16.4. The first-order valence-corrected chi connectivity index (χ1v) is 10.3. The van der Waals surface area contributed by atoms with E-state index in [0.29, 0.717) is 10.4 Å². The van der Waals surface area contributed by atoms with Crippen LogP contribution >= 0.6 is 11.3 Å². The predicted octanol–water partition coefficient (Wildman–Crippen LogP) is 2.80. The molecule has 0 atom stereocenters. The van der Waals surface area contributed by atoms with E-state index in [-0.39, 0.29) is 35.7 Å². The van der Waals surface area contributed by atoms with E-state index >= 15 is 0 Å². The van der Waals surface area contributed by atoms with Crippen molar-refractivity contribution >= 4 is 40.1 Å². The number of thiophene rings is 1. The summed E-state index contributed by atoms with van der Waals surface area (Å²) in [5.74, 6) is -3.02. The number of anilines is 1. The Bertz CT molecular complexity index is 752. The lowest BCUT2D eigenvalue weighted by Crippen LogP contribution is -2.36. The molecule has 0 unspecified atom stereocenters. The van der Waals surface area contributed by atoms with E-state index in [0.717, 1.165) is 37.0 Å². The summed E-state index contributed by atoms with van der Waals surface area (Å²) in [6.45, 7) is 5.06. The zero-order valence-corrected chi connectivity index (χ0v) is 17.2. The van der Waals surface area contributed by atoms with Crippen LogP contribution in [0.5, 0.6) is 0 Å². The normalized spacial score (nSPS) is 14.2. The fourth-order valence-corrected chi connectivity index (χ4v) is 4.21. The second-order valence-electron chi connectivity index (χ2n) is 6.46. The smallest absolute Gasteiger partial charge is 0.397 e. The summed E-state index contributed by atoms with van der Waals surface area (Å²) in [5, 5.41) is 5.48. The third-order valence-electron chi connectivity index (χ3n) is 4.46. The van der Waals surface area contributed by atoms with Crippen molar-refractivity contribution in [3.05, 3.63) is 16.0 Å². The molecule has 2 N–H and O–H groups in total. The number of rotatable bonds is 6. The predicted molar refractivity (Wildman–Crippen MR) is 105 cm³/mol.